The number of rotatable bonds is 0. The molecule has 0 amide bonds. The highest BCUT2D eigenvalue weighted by Crippen LogP contribution is 2.32. The van der Waals surface area contributed by atoms with Gasteiger partial charge in [0.25, 0.3) is 0 Å². The third-order valence-electron chi connectivity index (χ3n) is 2.21. The van der Waals surface area contributed by atoms with Gasteiger partial charge in [-0.3, -0.25) is 0 Å². The molecule has 0 spiro atoms. The topological polar surface area (TPSA) is 30.5 Å². The Labute approximate surface area is 81.6 Å². The maximum atomic E-state index is 5.64. The molecule has 0 saturated carbocycles. The average molecular weight is 187 g/mol. The van der Waals surface area contributed by atoms with Crippen LogP contribution in [0.5, 0.6) is 5.75 Å². The van der Waals surface area contributed by atoms with Crippen LogP contribution in [0, 0.1) is 0 Å². The van der Waals surface area contributed by atoms with Crippen LogP contribution in [-0.2, 0) is 4.74 Å². The summed E-state index contributed by atoms with van der Waals surface area (Å²) in [6.45, 7) is 0.501. The van der Waals surface area contributed by atoms with Crippen molar-refractivity contribution in [2.24, 2.45) is 0 Å². The molecule has 0 aromatic heterocycles. The number of ether oxygens (including phenoxy) is 2. The lowest BCUT2D eigenvalue weighted by Gasteiger charge is -2.23. The van der Waals surface area contributed by atoms with E-state index in [1.807, 2.05) is 36.5 Å². The van der Waals surface area contributed by atoms with E-state index in [0.717, 1.165) is 22.8 Å². The maximum Gasteiger partial charge on any atom is 0.185 e. The number of hydrogen-bond donors (Lipinski definition) is 1. The van der Waals surface area contributed by atoms with E-state index >= 15 is 0 Å². The van der Waals surface area contributed by atoms with Gasteiger partial charge in [-0.1, -0.05) is 18.2 Å². The molecule has 2 heterocycles. The average Bonchev–Trinajstić information content (AvgIpc) is 2.26. The number of para-hydroxylation sites is 1. The molecule has 70 valence electrons. The van der Waals surface area contributed by atoms with Gasteiger partial charge in [-0.25, -0.2) is 0 Å². The molecule has 0 unspecified atom stereocenters. The molecule has 1 N–H and O–H groups in total. The quantitative estimate of drug-likeness (QED) is 0.672. The number of benzene rings is 1. The van der Waals surface area contributed by atoms with Gasteiger partial charge in [-0.2, -0.15) is 0 Å². The molecule has 2 aliphatic heterocycles. The van der Waals surface area contributed by atoms with Crippen molar-refractivity contribution in [3.8, 4) is 5.75 Å². The summed E-state index contributed by atoms with van der Waals surface area (Å²) in [5.41, 5.74) is 1.06. The first-order valence-electron chi connectivity index (χ1n) is 4.49. The highest BCUT2D eigenvalue weighted by atomic mass is 16.5. The fourth-order valence-electron chi connectivity index (χ4n) is 1.54. The SMILES string of the molecule is C1=C2OCNC=C2Oc2ccccc21. The van der Waals surface area contributed by atoms with E-state index < -0.39 is 0 Å². The van der Waals surface area contributed by atoms with Crippen molar-refractivity contribution in [1.29, 1.82) is 0 Å². The van der Waals surface area contributed by atoms with Crippen molar-refractivity contribution >= 4 is 6.08 Å². The van der Waals surface area contributed by atoms with Gasteiger partial charge in [0.05, 0.1) is 0 Å². The monoisotopic (exact) mass is 187 g/mol. The van der Waals surface area contributed by atoms with E-state index in [0.29, 0.717) is 6.73 Å². The zero-order valence-electron chi connectivity index (χ0n) is 7.49. The minimum absolute atomic E-state index is 0.501. The van der Waals surface area contributed by atoms with Crippen molar-refractivity contribution in [1.82, 2.24) is 5.32 Å². The van der Waals surface area contributed by atoms with Crippen LogP contribution < -0.4 is 10.1 Å². The largest absolute Gasteiger partial charge is 0.469 e. The van der Waals surface area contributed by atoms with Crippen molar-refractivity contribution in [2.45, 2.75) is 0 Å². The van der Waals surface area contributed by atoms with Crippen LogP contribution in [0.4, 0.5) is 0 Å². The van der Waals surface area contributed by atoms with Crippen LogP contribution in [0.3, 0.4) is 0 Å². The van der Waals surface area contributed by atoms with Crippen molar-refractivity contribution < 1.29 is 9.47 Å². The molecule has 0 atom stereocenters. The third-order valence-corrected chi connectivity index (χ3v) is 2.21. The van der Waals surface area contributed by atoms with Gasteiger partial charge in [0.2, 0.25) is 0 Å². The fraction of sp³-hybridized carbons (Fsp3) is 0.0909. The number of hydrogen-bond acceptors (Lipinski definition) is 3. The molecule has 0 bridgehead atoms. The normalized spacial score (nSPS) is 17.4. The zero-order valence-corrected chi connectivity index (χ0v) is 7.49. The molecule has 1 aromatic rings. The van der Waals surface area contributed by atoms with Gasteiger partial charge >= 0.3 is 0 Å². The van der Waals surface area contributed by atoms with E-state index in [9.17, 15) is 0 Å². The Hall–Kier alpha value is -1.90. The number of fused-ring (bicyclic) bond motifs is 2. The second-order valence-corrected chi connectivity index (χ2v) is 3.15. The molecular formula is C11H9NO2. The Bertz CT molecular complexity index is 435. The Kier molecular flexibility index (Phi) is 1.50. The summed E-state index contributed by atoms with van der Waals surface area (Å²) in [5.74, 6) is 2.41. The highest BCUT2D eigenvalue weighted by molar-refractivity contribution is 5.65. The predicted octanol–water partition coefficient (Wildman–Crippen LogP) is 1.84. The van der Waals surface area contributed by atoms with Crippen molar-refractivity contribution in [3.05, 3.63) is 47.5 Å². The first-order valence-corrected chi connectivity index (χ1v) is 4.49. The van der Waals surface area contributed by atoms with Gasteiger partial charge in [0.1, 0.15) is 5.75 Å². The molecule has 14 heavy (non-hydrogen) atoms. The lowest BCUT2D eigenvalue weighted by atomic mass is 10.1. The Morgan fingerprint density at radius 2 is 2.07 bits per heavy atom. The number of nitrogens with one attached hydrogen (secondary N) is 1. The second-order valence-electron chi connectivity index (χ2n) is 3.15. The molecule has 1 aromatic carbocycles. The summed E-state index contributed by atoms with van der Waals surface area (Å²) in [6.07, 6.45) is 3.82. The molecule has 0 radical (unpaired) electrons. The van der Waals surface area contributed by atoms with E-state index in [2.05, 4.69) is 5.32 Å². The van der Waals surface area contributed by atoms with Crippen LogP contribution in [0.15, 0.2) is 42.0 Å². The second kappa shape index (κ2) is 2.80. The first kappa shape index (κ1) is 7.50. The smallest absolute Gasteiger partial charge is 0.185 e. The van der Waals surface area contributed by atoms with Crippen molar-refractivity contribution in [3.63, 3.8) is 0 Å². The van der Waals surface area contributed by atoms with Crippen LogP contribution >= 0.6 is 0 Å². The minimum atomic E-state index is 0.501. The molecule has 3 nitrogen and oxygen atoms in total. The first-order chi connectivity index (χ1) is 6.93. The molecule has 0 fully saturated rings. The van der Waals surface area contributed by atoms with Gasteiger partial charge in [-0.15, -0.1) is 0 Å². The van der Waals surface area contributed by atoms with E-state index in [-0.39, 0.29) is 0 Å². The van der Waals surface area contributed by atoms with Gasteiger partial charge in [0.15, 0.2) is 18.2 Å². The summed E-state index contributed by atoms with van der Waals surface area (Å²) in [4.78, 5) is 0. The molecule has 0 saturated heterocycles. The Morgan fingerprint density at radius 3 is 3.07 bits per heavy atom. The summed E-state index contributed by atoms with van der Waals surface area (Å²) in [7, 11) is 0. The van der Waals surface area contributed by atoms with Crippen molar-refractivity contribution in [2.75, 3.05) is 6.73 Å². The minimum Gasteiger partial charge on any atom is -0.469 e. The third kappa shape index (κ3) is 1.06. The summed E-state index contributed by atoms with van der Waals surface area (Å²) in [5, 5.41) is 2.96. The lowest BCUT2D eigenvalue weighted by Crippen LogP contribution is -2.22. The molecule has 3 heteroatoms. The zero-order chi connectivity index (χ0) is 9.38. The molecule has 0 aliphatic carbocycles. The van der Waals surface area contributed by atoms with E-state index in [1.165, 1.54) is 0 Å². The standard InChI is InChI=1S/C11H9NO2/c1-2-4-9-8(3-1)5-10-11(14-9)6-12-7-13-10/h1-6,12H,7H2. The Morgan fingerprint density at radius 1 is 1.14 bits per heavy atom. The van der Waals surface area contributed by atoms with Crippen LogP contribution in [0.25, 0.3) is 6.08 Å². The highest BCUT2D eigenvalue weighted by Gasteiger charge is 2.19. The van der Waals surface area contributed by atoms with Crippen LogP contribution in [0.2, 0.25) is 0 Å². The lowest BCUT2D eigenvalue weighted by molar-refractivity contribution is 0.171. The molecule has 2 aliphatic rings. The van der Waals surface area contributed by atoms with E-state index in [1.54, 1.807) is 0 Å². The summed E-state index contributed by atoms with van der Waals surface area (Å²) in [6, 6.07) is 7.88. The fourth-order valence-corrected chi connectivity index (χ4v) is 1.54. The van der Waals surface area contributed by atoms with Gasteiger partial charge in [-0.05, 0) is 12.1 Å². The van der Waals surface area contributed by atoms with Crippen LogP contribution in [-0.4, -0.2) is 6.73 Å². The summed E-state index contributed by atoms with van der Waals surface area (Å²) >= 11 is 0. The van der Waals surface area contributed by atoms with Crippen LogP contribution in [0.1, 0.15) is 5.56 Å². The maximum absolute atomic E-state index is 5.64. The van der Waals surface area contributed by atoms with E-state index in [4.69, 9.17) is 9.47 Å². The molecular weight excluding hydrogens is 178 g/mol. The molecule has 3 rings (SSSR count). The summed E-state index contributed by atoms with van der Waals surface area (Å²) < 4.78 is 11.0. The van der Waals surface area contributed by atoms with Gasteiger partial charge in [0, 0.05) is 11.8 Å². The Balaban J connectivity index is 2.13. The predicted molar refractivity (Wildman–Crippen MR) is 52.2 cm³/mol. The van der Waals surface area contributed by atoms with Gasteiger partial charge < -0.3 is 14.8 Å².